The molecule has 0 fully saturated rings. The third-order valence-electron chi connectivity index (χ3n) is 4.44. The van der Waals surface area contributed by atoms with Crippen molar-refractivity contribution in [3.8, 4) is 0 Å². The highest BCUT2D eigenvalue weighted by molar-refractivity contribution is 5.97. The number of amides is 1. The van der Waals surface area contributed by atoms with E-state index in [0.29, 0.717) is 11.8 Å². The molecule has 0 unspecified atom stereocenters. The van der Waals surface area contributed by atoms with Gasteiger partial charge in [0.15, 0.2) is 6.10 Å². The van der Waals surface area contributed by atoms with Crippen LogP contribution in [0.4, 0.5) is 18.9 Å². The van der Waals surface area contributed by atoms with E-state index in [4.69, 9.17) is 4.74 Å². The molecule has 0 spiro atoms. The van der Waals surface area contributed by atoms with Crippen LogP contribution < -0.4 is 5.32 Å². The Kier molecular flexibility index (Phi) is 6.83. The Morgan fingerprint density at radius 3 is 2.39 bits per heavy atom. The highest BCUT2D eigenvalue weighted by Gasteiger charge is 2.31. The van der Waals surface area contributed by atoms with Crippen LogP contribution >= 0.6 is 0 Å². The van der Waals surface area contributed by atoms with Crippen molar-refractivity contribution in [1.29, 1.82) is 0 Å². The van der Waals surface area contributed by atoms with Gasteiger partial charge in [0, 0.05) is 5.69 Å². The van der Waals surface area contributed by atoms with Gasteiger partial charge < -0.3 is 10.1 Å². The molecule has 2 rings (SSSR count). The molecule has 0 saturated carbocycles. The van der Waals surface area contributed by atoms with Gasteiger partial charge in [-0.3, -0.25) is 4.79 Å². The molecule has 0 heterocycles. The standard InChI is InChI=1S/C21H22F3NO3/c1-4-13(2)17-10-5-6-11-18(17)25-19(26)14(3)28-20(27)15-8-7-9-16(12-15)21(22,23)24/h5-14H,4H2,1-3H3,(H,25,26)/t13-,14+/m1/s1. The number of carbonyl (C=O) groups is 2. The fourth-order valence-corrected chi connectivity index (χ4v) is 2.60. The van der Waals surface area contributed by atoms with E-state index < -0.39 is 29.7 Å². The third kappa shape index (κ3) is 5.34. The number of anilines is 1. The second-order valence-corrected chi connectivity index (χ2v) is 6.51. The quantitative estimate of drug-likeness (QED) is 0.669. The molecule has 28 heavy (non-hydrogen) atoms. The van der Waals surface area contributed by atoms with E-state index in [9.17, 15) is 22.8 Å². The second-order valence-electron chi connectivity index (χ2n) is 6.51. The summed E-state index contributed by atoms with van der Waals surface area (Å²) >= 11 is 0. The van der Waals surface area contributed by atoms with Crippen molar-refractivity contribution in [2.75, 3.05) is 5.32 Å². The largest absolute Gasteiger partial charge is 0.449 e. The zero-order valence-electron chi connectivity index (χ0n) is 15.8. The molecule has 2 aromatic carbocycles. The Morgan fingerprint density at radius 2 is 1.75 bits per heavy atom. The maximum Gasteiger partial charge on any atom is 0.416 e. The van der Waals surface area contributed by atoms with Gasteiger partial charge in [0.25, 0.3) is 5.91 Å². The number of hydrogen-bond acceptors (Lipinski definition) is 3. The topological polar surface area (TPSA) is 55.4 Å². The fraction of sp³-hybridized carbons (Fsp3) is 0.333. The summed E-state index contributed by atoms with van der Waals surface area (Å²) in [5.74, 6) is -1.33. The van der Waals surface area contributed by atoms with Crippen LogP contribution in [0.15, 0.2) is 48.5 Å². The van der Waals surface area contributed by atoms with Crippen molar-refractivity contribution in [3.05, 3.63) is 65.2 Å². The molecule has 0 aliphatic heterocycles. The number of esters is 1. The fourth-order valence-electron chi connectivity index (χ4n) is 2.60. The Hall–Kier alpha value is -2.83. The summed E-state index contributed by atoms with van der Waals surface area (Å²) in [4.78, 5) is 24.5. The van der Waals surface area contributed by atoms with Crippen molar-refractivity contribution < 1.29 is 27.5 Å². The number of ether oxygens (including phenoxy) is 1. The van der Waals surface area contributed by atoms with Crippen molar-refractivity contribution in [3.63, 3.8) is 0 Å². The number of alkyl halides is 3. The van der Waals surface area contributed by atoms with Gasteiger partial charge in [0.1, 0.15) is 0 Å². The third-order valence-corrected chi connectivity index (χ3v) is 4.44. The number of rotatable bonds is 6. The molecular weight excluding hydrogens is 371 g/mol. The lowest BCUT2D eigenvalue weighted by Crippen LogP contribution is -2.30. The van der Waals surface area contributed by atoms with Crippen molar-refractivity contribution in [2.24, 2.45) is 0 Å². The smallest absolute Gasteiger partial charge is 0.416 e. The number of halogens is 3. The van der Waals surface area contributed by atoms with Gasteiger partial charge in [0.05, 0.1) is 11.1 Å². The number of para-hydroxylation sites is 1. The van der Waals surface area contributed by atoms with E-state index in [0.717, 1.165) is 24.1 Å². The van der Waals surface area contributed by atoms with Crippen LogP contribution in [0.25, 0.3) is 0 Å². The number of carbonyl (C=O) groups excluding carboxylic acids is 2. The normalized spacial score (nSPS) is 13.5. The zero-order chi connectivity index (χ0) is 20.9. The molecule has 0 saturated heterocycles. The molecule has 4 nitrogen and oxygen atoms in total. The van der Waals surface area contributed by atoms with Gasteiger partial charge in [-0.05, 0) is 49.1 Å². The molecule has 2 atom stereocenters. The SMILES string of the molecule is CC[C@@H](C)c1ccccc1NC(=O)[C@H](C)OC(=O)c1cccc(C(F)(F)F)c1. The molecule has 0 bridgehead atoms. The lowest BCUT2D eigenvalue weighted by molar-refractivity contribution is -0.137. The molecule has 7 heteroatoms. The first-order valence-electron chi connectivity index (χ1n) is 8.91. The first kappa shape index (κ1) is 21.5. The molecule has 150 valence electrons. The first-order chi connectivity index (χ1) is 13.1. The van der Waals surface area contributed by atoms with Gasteiger partial charge in [-0.25, -0.2) is 4.79 Å². The summed E-state index contributed by atoms with van der Waals surface area (Å²) in [5, 5.41) is 2.72. The Morgan fingerprint density at radius 1 is 1.07 bits per heavy atom. The predicted octanol–water partition coefficient (Wildman–Crippen LogP) is 5.40. The van der Waals surface area contributed by atoms with Crippen molar-refractivity contribution >= 4 is 17.6 Å². The second kappa shape index (κ2) is 8.91. The average Bonchev–Trinajstić information content (AvgIpc) is 2.67. The Bertz CT molecular complexity index is 849. The van der Waals surface area contributed by atoms with Crippen LogP contribution in [0.2, 0.25) is 0 Å². The number of benzene rings is 2. The van der Waals surface area contributed by atoms with Crippen LogP contribution in [-0.4, -0.2) is 18.0 Å². The van der Waals surface area contributed by atoms with Gasteiger partial charge in [-0.15, -0.1) is 0 Å². The van der Waals surface area contributed by atoms with Crippen molar-refractivity contribution in [2.45, 2.75) is 45.4 Å². The highest BCUT2D eigenvalue weighted by atomic mass is 19.4. The molecule has 1 N–H and O–H groups in total. The summed E-state index contributed by atoms with van der Waals surface area (Å²) in [5.41, 5.74) is 0.342. The molecule has 0 aliphatic carbocycles. The summed E-state index contributed by atoms with van der Waals surface area (Å²) in [7, 11) is 0. The molecule has 0 aliphatic rings. The minimum Gasteiger partial charge on any atom is -0.449 e. The monoisotopic (exact) mass is 393 g/mol. The van der Waals surface area contributed by atoms with Crippen molar-refractivity contribution in [1.82, 2.24) is 0 Å². The molecule has 1 amide bonds. The Balaban J connectivity index is 2.08. The van der Waals surface area contributed by atoms with E-state index in [1.54, 1.807) is 12.1 Å². The Labute approximate surface area is 161 Å². The molecule has 0 aromatic heterocycles. The lowest BCUT2D eigenvalue weighted by Gasteiger charge is -2.18. The maximum atomic E-state index is 12.8. The van der Waals surface area contributed by atoms with Gasteiger partial charge >= 0.3 is 12.1 Å². The summed E-state index contributed by atoms with van der Waals surface area (Å²) in [6, 6.07) is 11.2. The van der Waals surface area contributed by atoms with E-state index in [-0.39, 0.29) is 11.5 Å². The number of hydrogen-bond donors (Lipinski definition) is 1. The minimum absolute atomic E-state index is 0.222. The van der Waals surface area contributed by atoms with E-state index in [2.05, 4.69) is 5.32 Å². The molecule has 2 aromatic rings. The zero-order valence-corrected chi connectivity index (χ0v) is 15.8. The van der Waals surface area contributed by atoms with Gasteiger partial charge in [0.2, 0.25) is 0 Å². The minimum atomic E-state index is -4.57. The average molecular weight is 393 g/mol. The number of nitrogens with one attached hydrogen (secondary N) is 1. The van der Waals surface area contributed by atoms with Gasteiger partial charge in [-0.1, -0.05) is 38.1 Å². The van der Waals surface area contributed by atoms with E-state index >= 15 is 0 Å². The maximum absolute atomic E-state index is 12.8. The van der Waals surface area contributed by atoms with Crippen LogP contribution in [0, 0.1) is 0 Å². The predicted molar refractivity (Wildman–Crippen MR) is 100 cm³/mol. The molecule has 0 radical (unpaired) electrons. The highest BCUT2D eigenvalue weighted by Crippen LogP contribution is 2.30. The van der Waals surface area contributed by atoms with Crippen LogP contribution in [-0.2, 0) is 15.7 Å². The lowest BCUT2D eigenvalue weighted by atomic mass is 9.97. The van der Waals surface area contributed by atoms with Crippen LogP contribution in [0.1, 0.15) is 54.6 Å². The summed E-state index contributed by atoms with van der Waals surface area (Å²) in [6.07, 6.45) is -4.86. The summed E-state index contributed by atoms with van der Waals surface area (Å²) in [6.45, 7) is 5.43. The molecular formula is C21H22F3NO3. The van der Waals surface area contributed by atoms with Crippen LogP contribution in [0.3, 0.4) is 0 Å². The summed E-state index contributed by atoms with van der Waals surface area (Å²) < 4.78 is 43.4. The first-order valence-corrected chi connectivity index (χ1v) is 8.91. The van der Waals surface area contributed by atoms with E-state index in [1.807, 2.05) is 26.0 Å². The van der Waals surface area contributed by atoms with E-state index in [1.165, 1.54) is 13.0 Å². The van der Waals surface area contributed by atoms with Crippen LogP contribution in [0.5, 0.6) is 0 Å². The van der Waals surface area contributed by atoms with Gasteiger partial charge in [-0.2, -0.15) is 13.2 Å².